The van der Waals surface area contributed by atoms with Crippen molar-refractivity contribution in [1.29, 1.82) is 0 Å². The first-order valence-electron chi connectivity index (χ1n) is 6.07. The molecule has 0 unspecified atom stereocenters. The second kappa shape index (κ2) is 5.80. The summed E-state index contributed by atoms with van der Waals surface area (Å²) in [6.45, 7) is 3.77. The number of hydrogen-bond acceptors (Lipinski definition) is 4. The quantitative estimate of drug-likeness (QED) is 0.825. The van der Waals surface area contributed by atoms with Gasteiger partial charge in [0.1, 0.15) is 6.10 Å². The molecular weight excluding hydrogens is 202 g/mol. The van der Waals surface area contributed by atoms with E-state index in [4.69, 9.17) is 4.74 Å². The maximum Gasteiger partial charge on any atom is 0.232 e. The van der Waals surface area contributed by atoms with Crippen LogP contribution in [0.4, 0.5) is 0 Å². The van der Waals surface area contributed by atoms with Gasteiger partial charge in [-0.25, -0.2) is 4.98 Å². The summed E-state index contributed by atoms with van der Waals surface area (Å²) in [4.78, 5) is 8.58. The van der Waals surface area contributed by atoms with Crippen LogP contribution in [0.2, 0.25) is 0 Å². The molecule has 0 aliphatic heterocycles. The molecule has 2 rings (SSSR count). The van der Waals surface area contributed by atoms with Crippen molar-refractivity contribution in [3.05, 3.63) is 18.1 Å². The van der Waals surface area contributed by atoms with Crippen molar-refractivity contribution in [1.82, 2.24) is 15.3 Å². The fourth-order valence-corrected chi connectivity index (χ4v) is 1.96. The van der Waals surface area contributed by atoms with Gasteiger partial charge in [0.05, 0.1) is 11.9 Å². The van der Waals surface area contributed by atoms with Crippen LogP contribution in [0.25, 0.3) is 0 Å². The summed E-state index contributed by atoms with van der Waals surface area (Å²) in [6.07, 6.45) is 8.68. The maximum atomic E-state index is 5.79. The first-order valence-corrected chi connectivity index (χ1v) is 6.07. The summed E-state index contributed by atoms with van der Waals surface area (Å²) in [5.74, 6) is 0.669. The molecule has 1 aliphatic rings. The predicted molar refractivity (Wildman–Crippen MR) is 62.3 cm³/mol. The minimum atomic E-state index is 0.351. The van der Waals surface area contributed by atoms with E-state index in [2.05, 4.69) is 22.2 Å². The van der Waals surface area contributed by atoms with Crippen molar-refractivity contribution in [2.24, 2.45) is 0 Å². The molecular formula is C12H19N3O. The lowest BCUT2D eigenvalue weighted by Crippen LogP contribution is -2.15. The second-order valence-corrected chi connectivity index (χ2v) is 4.15. The van der Waals surface area contributed by atoms with Gasteiger partial charge < -0.3 is 10.1 Å². The van der Waals surface area contributed by atoms with Gasteiger partial charge in [0.2, 0.25) is 5.88 Å². The lowest BCUT2D eigenvalue weighted by Gasteiger charge is -2.12. The van der Waals surface area contributed by atoms with Gasteiger partial charge in [0.15, 0.2) is 0 Å². The van der Waals surface area contributed by atoms with Crippen LogP contribution in [0, 0.1) is 0 Å². The van der Waals surface area contributed by atoms with Crippen molar-refractivity contribution in [3.8, 4) is 5.88 Å². The molecule has 4 heteroatoms. The van der Waals surface area contributed by atoms with Crippen molar-refractivity contribution in [2.75, 3.05) is 6.54 Å². The molecule has 1 saturated carbocycles. The van der Waals surface area contributed by atoms with Crippen molar-refractivity contribution in [2.45, 2.75) is 45.3 Å². The molecule has 0 amide bonds. The Balaban J connectivity index is 1.92. The highest BCUT2D eigenvalue weighted by atomic mass is 16.5. The number of ether oxygens (including phenoxy) is 1. The summed E-state index contributed by atoms with van der Waals surface area (Å²) >= 11 is 0. The summed E-state index contributed by atoms with van der Waals surface area (Å²) in [7, 11) is 0. The number of rotatable bonds is 5. The monoisotopic (exact) mass is 221 g/mol. The molecule has 0 aromatic carbocycles. The molecule has 88 valence electrons. The van der Waals surface area contributed by atoms with E-state index in [1.165, 1.54) is 12.8 Å². The molecule has 16 heavy (non-hydrogen) atoms. The molecule has 1 aliphatic carbocycles. The fraction of sp³-hybridized carbons (Fsp3) is 0.667. The normalized spacial score (nSPS) is 16.6. The Morgan fingerprint density at radius 2 is 2.19 bits per heavy atom. The average Bonchev–Trinajstić information content (AvgIpc) is 2.80. The molecule has 1 fully saturated rings. The van der Waals surface area contributed by atoms with E-state index in [1.54, 1.807) is 12.4 Å². The van der Waals surface area contributed by atoms with E-state index in [-0.39, 0.29) is 0 Å². The van der Waals surface area contributed by atoms with Gasteiger partial charge in [-0.15, -0.1) is 0 Å². The van der Waals surface area contributed by atoms with E-state index >= 15 is 0 Å². The van der Waals surface area contributed by atoms with Crippen LogP contribution in [0.1, 0.15) is 38.3 Å². The summed E-state index contributed by atoms with van der Waals surface area (Å²) in [5, 5.41) is 3.23. The van der Waals surface area contributed by atoms with E-state index in [0.717, 1.165) is 31.6 Å². The first-order chi connectivity index (χ1) is 7.88. The van der Waals surface area contributed by atoms with Crippen molar-refractivity contribution >= 4 is 0 Å². The van der Waals surface area contributed by atoms with Gasteiger partial charge >= 0.3 is 0 Å². The molecule has 0 radical (unpaired) electrons. The van der Waals surface area contributed by atoms with Crippen LogP contribution in [0.3, 0.4) is 0 Å². The number of hydrogen-bond donors (Lipinski definition) is 1. The van der Waals surface area contributed by atoms with E-state index in [1.807, 2.05) is 0 Å². The third-order valence-corrected chi connectivity index (χ3v) is 2.81. The molecule has 0 atom stereocenters. The lowest BCUT2D eigenvalue weighted by atomic mass is 10.3. The van der Waals surface area contributed by atoms with Crippen LogP contribution in [-0.2, 0) is 6.54 Å². The van der Waals surface area contributed by atoms with Crippen LogP contribution in [0.5, 0.6) is 5.88 Å². The highest BCUT2D eigenvalue weighted by molar-refractivity contribution is 5.08. The zero-order valence-electron chi connectivity index (χ0n) is 9.78. The number of nitrogens with one attached hydrogen (secondary N) is 1. The smallest absolute Gasteiger partial charge is 0.232 e. The molecule has 4 nitrogen and oxygen atoms in total. The van der Waals surface area contributed by atoms with Crippen molar-refractivity contribution in [3.63, 3.8) is 0 Å². The first kappa shape index (κ1) is 11.3. The fourth-order valence-electron chi connectivity index (χ4n) is 1.96. The van der Waals surface area contributed by atoms with Gasteiger partial charge in [0, 0.05) is 12.7 Å². The molecule has 1 aromatic heterocycles. The van der Waals surface area contributed by atoms with E-state index < -0.39 is 0 Å². The summed E-state index contributed by atoms with van der Waals surface area (Å²) in [6, 6.07) is 0. The van der Waals surface area contributed by atoms with Crippen LogP contribution >= 0.6 is 0 Å². The van der Waals surface area contributed by atoms with Crippen LogP contribution in [0.15, 0.2) is 12.4 Å². The summed E-state index contributed by atoms with van der Waals surface area (Å²) < 4.78 is 5.79. The van der Waals surface area contributed by atoms with E-state index in [9.17, 15) is 0 Å². The van der Waals surface area contributed by atoms with Gasteiger partial charge in [-0.2, -0.15) is 0 Å². The zero-order valence-corrected chi connectivity index (χ0v) is 9.78. The van der Waals surface area contributed by atoms with Crippen LogP contribution in [-0.4, -0.2) is 22.6 Å². The van der Waals surface area contributed by atoms with Gasteiger partial charge in [-0.05, 0) is 32.2 Å². The third-order valence-electron chi connectivity index (χ3n) is 2.81. The minimum absolute atomic E-state index is 0.351. The van der Waals surface area contributed by atoms with Gasteiger partial charge in [-0.1, -0.05) is 6.92 Å². The lowest BCUT2D eigenvalue weighted by molar-refractivity contribution is 0.200. The molecule has 0 saturated heterocycles. The largest absolute Gasteiger partial charge is 0.473 e. The van der Waals surface area contributed by atoms with E-state index in [0.29, 0.717) is 12.0 Å². The summed E-state index contributed by atoms with van der Waals surface area (Å²) in [5.41, 5.74) is 0.942. The Hall–Kier alpha value is -1.16. The maximum absolute atomic E-state index is 5.79. The third kappa shape index (κ3) is 3.17. The molecule has 1 heterocycles. The number of aromatic nitrogens is 2. The Morgan fingerprint density at radius 3 is 2.94 bits per heavy atom. The Bertz CT molecular complexity index is 324. The van der Waals surface area contributed by atoms with Gasteiger partial charge in [0.25, 0.3) is 0 Å². The molecule has 1 aromatic rings. The highest BCUT2D eigenvalue weighted by Gasteiger charge is 2.17. The Kier molecular flexibility index (Phi) is 4.10. The zero-order chi connectivity index (χ0) is 11.2. The van der Waals surface area contributed by atoms with Gasteiger partial charge in [-0.3, -0.25) is 4.98 Å². The predicted octanol–water partition coefficient (Wildman–Crippen LogP) is 1.91. The number of nitrogens with zero attached hydrogens (tertiary/aromatic N) is 2. The Morgan fingerprint density at radius 1 is 1.38 bits per heavy atom. The molecule has 0 bridgehead atoms. The topological polar surface area (TPSA) is 47.0 Å². The molecule has 0 spiro atoms. The standard InChI is InChI=1S/C12H19N3O/c1-2-13-7-10-8-14-9-12(15-10)16-11-5-3-4-6-11/h8-9,11,13H,2-7H2,1H3. The SMILES string of the molecule is CCNCc1cncc(OC2CCCC2)n1. The van der Waals surface area contributed by atoms with Crippen LogP contribution < -0.4 is 10.1 Å². The highest BCUT2D eigenvalue weighted by Crippen LogP contribution is 2.22. The van der Waals surface area contributed by atoms with Crippen molar-refractivity contribution < 1.29 is 4.74 Å². The molecule has 1 N–H and O–H groups in total. The Labute approximate surface area is 96.4 Å². The average molecular weight is 221 g/mol. The second-order valence-electron chi connectivity index (χ2n) is 4.15. The minimum Gasteiger partial charge on any atom is -0.473 e.